The number of nitriles is 1. The highest BCUT2D eigenvalue weighted by Crippen LogP contribution is 2.19. The van der Waals surface area contributed by atoms with E-state index in [9.17, 15) is 0 Å². The quantitative estimate of drug-likeness (QED) is 0.732. The number of aromatic nitrogens is 1. The van der Waals surface area contributed by atoms with E-state index in [1.54, 1.807) is 6.20 Å². The molecule has 0 radical (unpaired) electrons. The van der Waals surface area contributed by atoms with Crippen LogP contribution in [0.1, 0.15) is 5.69 Å². The summed E-state index contributed by atoms with van der Waals surface area (Å²) in [6.45, 7) is 4.03. The van der Waals surface area contributed by atoms with Crippen molar-refractivity contribution in [3.63, 3.8) is 0 Å². The van der Waals surface area contributed by atoms with Gasteiger partial charge in [0.25, 0.3) is 0 Å². The average molecular weight is 217 g/mol. The maximum atomic E-state index is 8.74. The van der Waals surface area contributed by atoms with E-state index in [1.165, 1.54) is 0 Å². The fourth-order valence-electron chi connectivity index (χ4n) is 1.80. The van der Waals surface area contributed by atoms with Crippen molar-refractivity contribution in [2.45, 2.75) is 0 Å². The van der Waals surface area contributed by atoms with Crippen LogP contribution >= 0.6 is 0 Å². The van der Waals surface area contributed by atoms with Crippen LogP contribution in [0.15, 0.2) is 12.3 Å². The van der Waals surface area contributed by atoms with Gasteiger partial charge in [-0.15, -0.1) is 0 Å². The lowest BCUT2D eigenvalue weighted by atomic mass is 10.2. The van der Waals surface area contributed by atoms with Gasteiger partial charge in [-0.3, -0.25) is 0 Å². The molecule has 1 aromatic rings. The highest BCUT2D eigenvalue weighted by atomic mass is 15.2. The van der Waals surface area contributed by atoms with Crippen LogP contribution in [0.5, 0.6) is 0 Å². The molecular weight excluding hydrogens is 202 g/mol. The van der Waals surface area contributed by atoms with Crippen molar-refractivity contribution in [3.05, 3.63) is 18.0 Å². The number of anilines is 2. The van der Waals surface area contributed by atoms with E-state index in [1.807, 2.05) is 12.1 Å². The van der Waals surface area contributed by atoms with Crippen LogP contribution in [0.4, 0.5) is 11.4 Å². The summed E-state index contributed by atoms with van der Waals surface area (Å²) in [5.41, 5.74) is 7.51. The molecule has 0 atom stereocenters. The Bertz CT molecular complexity index is 415. The molecule has 0 aliphatic carbocycles. The summed E-state index contributed by atoms with van der Waals surface area (Å²) in [6.07, 6.45) is 1.72. The van der Waals surface area contributed by atoms with Crippen molar-refractivity contribution in [2.24, 2.45) is 0 Å². The van der Waals surface area contributed by atoms with Crippen molar-refractivity contribution in [3.8, 4) is 6.07 Å². The van der Waals surface area contributed by atoms with Gasteiger partial charge in [-0.1, -0.05) is 0 Å². The van der Waals surface area contributed by atoms with Gasteiger partial charge in [-0.2, -0.15) is 5.26 Å². The first-order valence-corrected chi connectivity index (χ1v) is 5.30. The fourth-order valence-corrected chi connectivity index (χ4v) is 1.80. The van der Waals surface area contributed by atoms with Crippen LogP contribution in [0.2, 0.25) is 0 Å². The molecule has 0 spiro atoms. The van der Waals surface area contributed by atoms with Gasteiger partial charge in [0, 0.05) is 26.2 Å². The number of nitrogens with zero attached hydrogens (tertiary/aromatic N) is 4. The number of piperazine rings is 1. The summed E-state index contributed by atoms with van der Waals surface area (Å²) >= 11 is 0. The number of rotatable bonds is 1. The second kappa shape index (κ2) is 4.37. The van der Waals surface area contributed by atoms with E-state index in [-0.39, 0.29) is 0 Å². The van der Waals surface area contributed by atoms with Gasteiger partial charge in [-0.25, -0.2) is 4.98 Å². The molecular formula is C11H15N5. The number of likely N-dealkylation sites (N-methyl/N-ethyl adjacent to an activating group) is 1. The Hall–Kier alpha value is -1.80. The van der Waals surface area contributed by atoms with Crippen LogP contribution in [-0.2, 0) is 0 Å². The smallest absolute Gasteiger partial charge is 0.163 e. The Kier molecular flexibility index (Phi) is 2.93. The predicted molar refractivity (Wildman–Crippen MR) is 63.1 cm³/mol. The highest BCUT2D eigenvalue weighted by molar-refractivity contribution is 5.60. The van der Waals surface area contributed by atoms with E-state index >= 15 is 0 Å². The third kappa shape index (κ3) is 2.07. The predicted octanol–water partition coefficient (Wildman–Crippen LogP) is 0.287. The standard InChI is InChI=1S/C11H15N5/c1-15-2-4-16(5-3-15)9-6-10(13)11(7-12)14-8-9/h6,8H,2-5,13H2,1H3. The fraction of sp³-hybridized carbons (Fsp3) is 0.455. The summed E-state index contributed by atoms with van der Waals surface area (Å²) in [6, 6.07) is 3.80. The molecule has 16 heavy (non-hydrogen) atoms. The van der Waals surface area contributed by atoms with E-state index in [2.05, 4.69) is 21.8 Å². The van der Waals surface area contributed by atoms with Crippen LogP contribution in [-0.4, -0.2) is 43.1 Å². The minimum Gasteiger partial charge on any atom is -0.396 e. The third-order valence-corrected chi connectivity index (χ3v) is 2.88. The minimum atomic E-state index is 0.304. The number of nitrogens with two attached hydrogens (primary N) is 1. The molecule has 0 bridgehead atoms. The number of pyridine rings is 1. The van der Waals surface area contributed by atoms with Gasteiger partial charge in [0.1, 0.15) is 6.07 Å². The molecule has 5 nitrogen and oxygen atoms in total. The Morgan fingerprint density at radius 1 is 1.38 bits per heavy atom. The second-order valence-electron chi connectivity index (χ2n) is 4.03. The molecule has 1 fully saturated rings. The van der Waals surface area contributed by atoms with Crippen molar-refractivity contribution in [1.82, 2.24) is 9.88 Å². The summed E-state index contributed by atoms with van der Waals surface area (Å²) < 4.78 is 0. The summed E-state index contributed by atoms with van der Waals surface area (Å²) in [5, 5.41) is 8.74. The average Bonchev–Trinajstić information content (AvgIpc) is 2.30. The number of hydrogen-bond donors (Lipinski definition) is 1. The van der Waals surface area contributed by atoms with E-state index in [0.717, 1.165) is 31.9 Å². The molecule has 1 saturated heterocycles. The maximum Gasteiger partial charge on any atom is 0.163 e. The van der Waals surface area contributed by atoms with Crippen LogP contribution in [0.3, 0.4) is 0 Å². The first kappa shape index (κ1) is 10.7. The zero-order valence-electron chi connectivity index (χ0n) is 9.35. The molecule has 2 heterocycles. The lowest BCUT2D eigenvalue weighted by Gasteiger charge is -2.33. The Morgan fingerprint density at radius 3 is 2.62 bits per heavy atom. The second-order valence-corrected chi connectivity index (χ2v) is 4.03. The van der Waals surface area contributed by atoms with E-state index in [4.69, 9.17) is 11.0 Å². The minimum absolute atomic E-state index is 0.304. The molecule has 1 aliphatic rings. The molecule has 1 aromatic heterocycles. The van der Waals surface area contributed by atoms with Crippen molar-refractivity contribution in [2.75, 3.05) is 43.9 Å². The molecule has 2 rings (SSSR count). The topological polar surface area (TPSA) is 69.2 Å². The number of hydrogen-bond acceptors (Lipinski definition) is 5. The lowest BCUT2D eigenvalue weighted by Crippen LogP contribution is -2.44. The van der Waals surface area contributed by atoms with Gasteiger partial charge in [-0.05, 0) is 13.1 Å². The molecule has 0 amide bonds. The zero-order valence-corrected chi connectivity index (χ0v) is 9.35. The Labute approximate surface area is 95.1 Å². The normalized spacial score (nSPS) is 17.1. The van der Waals surface area contributed by atoms with Gasteiger partial charge in [0.2, 0.25) is 0 Å². The monoisotopic (exact) mass is 217 g/mol. The Balaban J connectivity index is 2.16. The van der Waals surface area contributed by atoms with E-state index < -0.39 is 0 Å². The van der Waals surface area contributed by atoms with Crippen LogP contribution in [0.25, 0.3) is 0 Å². The molecule has 0 saturated carbocycles. The highest BCUT2D eigenvalue weighted by Gasteiger charge is 2.15. The summed E-state index contributed by atoms with van der Waals surface area (Å²) in [7, 11) is 2.11. The Morgan fingerprint density at radius 2 is 2.06 bits per heavy atom. The largest absolute Gasteiger partial charge is 0.396 e. The van der Waals surface area contributed by atoms with Gasteiger partial charge in [0.15, 0.2) is 5.69 Å². The van der Waals surface area contributed by atoms with Crippen molar-refractivity contribution >= 4 is 11.4 Å². The molecule has 1 aliphatic heterocycles. The number of nitrogen functional groups attached to an aromatic ring is 1. The molecule has 84 valence electrons. The zero-order chi connectivity index (χ0) is 11.5. The van der Waals surface area contributed by atoms with Crippen molar-refractivity contribution < 1.29 is 0 Å². The van der Waals surface area contributed by atoms with Crippen molar-refractivity contribution in [1.29, 1.82) is 5.26 Å². The third-order valence-electron chi connectivity index (χ3n) is 2.88. The lowest BCUT2D eigenvalue weighted by molar-refractivity contribution is 0.313. The first-order valence-electron chi connectivity index (χ1n) is 5.30. The first-order chi connectivity index (χ1) is 7.70. The van der Waals surface area contributed by atoms with Crippen LogP contribution < -0.4 is 10.6 Å². The molecule has 5 heteroatoms. The molecule has 2 N–H and O–H groups in total. The molecule has 0 aromatic carbocycles. The van der Waals surface area contributed by atoms with E-state index in [0.29, 0.717) is 11.4 Å². The van der Waals surface area contributed by atoms with Gasteiger partial charge < -0.3 is 15.5 Å². The van der Waals surface area contributed by atoms with Gasteiger partial charge in [0.05, 0.1) is 17.6 Å². The van der Waals surface area contributed by atoms with Gasteiger partial charge >= 0.3 is 0 Å². The SMILES string of the molecule is CN1CCN(c2cnc(C#N)c(N)c2)CC1. The maximum absolute atomic E-state index is 8.74. The summed E-state index contributed by atoms with van der Waals surface area (Å²) in [5.74, 6) is 0. The summed E-state index contributed by atoms with van der Waals surface area (Å²) in [4.78, 5) is 8.58. The molecule has 0 unspecified atom stereocenters. The van der Waals surface area contributed by atoms with Crippen LogP contribution in [0, 0.1) is 11.3 Å².